The Morgan fingerprint density at radius 1 is 0.864 bits per heavy atom. The van der Waals surface area contributed by atoms with Gasteiger partial charge in [-0.1, -0.05) is 42.5 Å². The number of hydrogen-bond acceptors (Lipinski definition) is 4. The molecule has 5 heteroatoms. The first-order valence-electron chi connectivity index (χ1n) is 6.55. The van der Waals surface area contributed by atoms with Crippen molar-refractivity contribution in [1.82, 2.24) is 0 Å². The summed E-state index contributed by atoms with van der Waals surface area (Å²) in [4.78, 5) is 0. The van der Waals surface area contributed by atoms with Gasteiger partial charge in [0.05, 0.1) is 7.11 Å². The van der Waals surface area contributed by atoms with Gasteiger partial charge in [-0.15, -0.1) is 10.2 Å². The van der Waals surface area contributed by atoms with Crippen molar-refractivity contribution in [2.75, 3.05) is 7.11 Å². The average molecular weight is 334 g/mol. The maximum atomic E-state index is 10.0. The predicted molar refractivity (Wildman–Crippen MR) is 82.8 cm³/mol. The van der Waals surface area contributed by atoms with Crippen molar-refractivity contribution >= 4 is 22.1 Å². The maximum absolute atomic E-state index is 10.0. The van der Waals surface area contributed by atoms with Crippen molar-refractivity contribution in [3.8, 4) is 11.5 Å². The minimum atomic E-state index is 0. The predicted octanol–water partition coefficient (Wildman–Crippen LogP) is 4.97. The molecule has 3 rings (SSSR count). The van der Waals surface area contributed by atoms with Crippen LogP contribution in [0.25, 0.3) is 10.8 Å². The Labute approximate surface area is 138 Å². The molecule has 0 radical (unpaired) electrons. The Balaban J connectivity index is 0.00000176. The van der Waals surface area contributed by atoms with Gasteiger partial charge in [-0.3, -0.25) is 0 Å². The van der Waals surface area contributed by atoms with E-state index in [2.05, 4.69) is 10.2 Å². The van der Waals surface area contributed by atoms with Gasteiger partial charge < -0.3 is 9.84 Å². The van der Waals surface area contributed by atoms with E-state index in [0.717, 1.165) is 10.8 Å². The zero-order valence-electron chi connectivity index (χ0n) is 11.9. The minimum Gasteiger partial charge on any atom is -0.506 e. The van der Waals surface area contributed by atoms with Gasteiger partial charge in [0.2, 0.25) is 0 Å². The smallest absolute Gasteiger partial charge is 0.146 e. The van der Waals surface area contributed by atoms with Gasteiger partial charge >= 0.3 is 0 Å². The van der Waals surface area contributed by atoms with Crippen molar-refractivity contribution < 1.29 is 26.9 Å². The summed E-state index contributed by atoms with van der Waals surface area (Å²) in [5.74, 6) is 0.744. The van der Waals surface area contributed by atoms with Gasteiger partial charge in [0.15, 0.2) is 0 Å². The summed E-state index contributed by atoms with van der Waals surface area (Å²) in [5, 5.41) is 20.3. The van der Waals surface area contributed by atoms with Crippen LogP contribution >= 0.6 is 0 Å². The van der Waals surface area contributed by atoms with E-state index in [-0.39, 0.29) is 22.8 Å². The molecule has 0 bridgehead atoms. The Morgan fingerprint density at radius 2 is 1.59 bits per heavy atom. The number of para-hydroxylation sites is 1. The molecule has 0 aliphatic rings. The number of aromatic hydroxyl groups is 1. The molecule has 0 atom stereocenters. The quantitative estimate of drug-likeness (QED) is 0.543. The van der Waals surface area contributed by atoms with Crippen LogP contribution in [0, 0.1) is 0 Å². The average Bonchev–Trinajstić information content (AvgIpc) is 2.54. The zero-order chi connectivity index (χ0) is 14.7. The van der Waals surface area contributed by atoms with Crippen LogP contribution in [0.2, 0.25) is 0 Å². The summed E-state index contributed by atoms with van der Waals surface area (Å²) in [6.45, 7) is 0. The molecule has 0 amide bonds. The molecule has 22 heavy (non-hydrogen) atoms. The van der Waals surface area contributed by atoms with Crippen LogP contribution in [-0.4, -0.2) is 12.2 Å². The molecule has 0 heterocycles. The van der Waals surface area contributed by atoms with Crippen molar-refractivity contribution in [1.29, 1.82) is 0 Å². The second-order valence-electron chi connectivity index (χ2n) is 4.53. The molecule has 3 aromatic rings. The monoisotopic (exact) mass is 334 g/mol. The van der Waals surface area contributed by atoms with E-state index in [1.54, 1.807) is 13.2 Å². The van der Waals surface area contributed by atoms with Crippen LogP contribution in [0.5, 0.6) is 11.5 Å². The number of methoxy groups -OCH3 is 1. The van der Waals surface area contributed by atoms with E-state index < -0.39 is 0 Å². The Bertz CT molecular complexity index is 819. The van der Waals surface area contributed by atoms with Gasteiger partial charge in [-0.05, 0) is 23.6 Å². The number of ether oxygens (including phenoxy) is 1. The number of nitrogens with zero attached hydrogens (tertiary/aromatic N) is 2. The Morgan fingerprint density at radius 3 is 2.41 bits per heavy atom. The molecule has 0 saturated heterocycles. The van der Waals surface area contributed by atoms with Crippen molar-refractivity contribution in [3.05, 3.63) is 60.7 Å². The molecular formula is C17H14FeN2O2. The number of phenolic OH excluding ortho intramolecular Hbond substituents is 1. The zero-order valence-corrected chi connectivity index (χ0v) is 13.0. The Kier molecular flexibility index (Phi) is 5.15. The number of rotatable bonds is 3. The van der Waals surface area contributed by atoms with Crippen LogP contribution in [0.3, 0.4) is 0 Å². The summed E-state index contributed by atoms with van der Waals surface area (Å²) < 4.78 is 5.24. The third-order valence-electron chi connectivity index (χ3n) is 3.22. The van der Waals surface area contributed by atoms with Crippen molar-refractivity contribution in [2.24, 2.45) is 10.2 Å². The Hall–Kier alpha value is -2.36. The van der Waals surface area contributed by atoms with E-state index in [1.807, 2.05) is 54.6 Å². The first-order valence-corrected chi connectivity index (χ1v) is 6.55. The molecule has 0 aliphatic carbocycles. The summed E-state index contributed by atoms with van der Waals surface area (Å²) in [6.07, 6.45) is 0. The fourth-order valence-corrected chi connectivity index (χ4v) is 2.16. The van der Waals surface area contributed by atoms with Gasteiger partial charge in [0.25, 0.3) is 0 Å². The number of phenols is 1. The third kappa shape index (κ3) is 3.11. The van der Waals surface area contributed by atoms with Crippen LogP contribution in [-0.2, 0) is 17.1 Å². The number of benzene rings is 3. The summed E-state index contributed by atoms with van der Waals surface area (Å²) in [7, 11) is 1.59. The molecule has 0 saturated carbocycles. The summed E-state index contributed by atoms with van der Waals surface area (Å²) in [6, 6.07) is 18.6. The third-order valence-corrected chi connectivity index (χ3v) is 3.22. The van der Waals surface area contributed by atoms with Crippen LogP contribution in [0.4, 0.5) is 11.4 Å². The van der Waals surface area contributed by atoms with E-state index >= 15 is 0 Å². The van der Waals surface area contributed by atoms with Crippen molar-refractivity contribution in [2.45, 2.75) is 0 Å². The molecule has 1 N–H and O–H groups in total. The summed E-state index contributed by atoms with van der Waals surface area (Å²) >= 11 is 0. The molecule has 0 fully saturated rings. The fourth-order valence-electron chi connectivity index (χ4n) is 2.16. The van der Waals surface area contributed by atoms with E-state index in [9.17, 15) is 5.11 Å². The van der Waals surface area contributed by atoms with E-state index in [4.69, 9.17) is 4.74 Å². The van der Waals surface area contributed by atoms with Gasteiger partial charge in [0, 0.05) is 22.5 Å². The molecule has 0 spiro atoms. The molecular weight excluding hydrogens is 320 g/mol. The minimum absolute atomic E-state index is 0. The first kappa shape index (κ1) is 16.0. The van der Waals surface area contributed by atoms with Gasteiger partial charge in [0.1, 0.15) is 22.9 Å². The van der Waals surface area contributed by atoms with Crippen LogP contribution in [0.15, 0.2) is 70.9 Å². The molecule has 112 valence electrons. The SMILES string of the molecule is COc1ccccc1N=Nc1c(O)ccc2ccccc12.[Fe]. The second kappa shape index (κ2) is 7.07. The van der Waals surface area contributed by atoms with Crippen molar-refractivity contribution in [3.63, 3.8) is 0 Å². The second-order valence-corrected chi connectivity index (χ2v) is 4.53. The number of hydrogen-bond donors (Lipinski definition) is 1. The van der Waals surface area contributed by atoms with E-state index in [1.165, 1.54) is 0 Å². The molecule has 4 nitrogen and oxygen atoms in total. The van der Waals surface area contributed by atoms with Crippen LogP contribution in [0.1, 0.15) is 0 Å². The molecule has 0 aliphatic heterocycles. The topological polar surface area (TPSA) is 54.2 Å². The first-order chi connectivity index (χ1) is 10.3. The number of fused-ring (bicyclic) bond motifs is 1. The van der Waals surface area contributed by atoms with E-state index in [0.29, 0.717) is 17.1 Å². The molecule has 3 aromatic carbocycles. The molecule has 0 aromatic heterocycles. The van der Waals surface area contributed by atoms with Gasteiger partial charge in [-0.25, -0.2) is 0 Å². The maximum Gasteiger partial charge on any atom is 0.146 e. The summed E-state index contributed by atoms with van der Waals surface area (Å²) in [5.41, 5.74) is 1.08. The van der Waals surface area contributed by atoms with Gasteiger partial charge in [-0.2, -0.15) is 0 Å². The number of azo groups is 1. The standard InChI is InChI=1S/C17H14N2O2.Fe/c1-21-16-9-5-4-8-14(16)18-19-17-13-7-3-2-6-12(13)10-11-15(17)20;/h2-11,20H,1H3;. The van der Waals surface area contributed by atoms with Crippen LogP contribution < -0.4 is 4.74 Å². The molecule has 0 unspecified atom stereocenters. The normalized spacial score (nSPS) is 10.6. The largest absolute Gasteiger partial charge is 0.506 e. The fraction of sp³-hybridized carbons (Fsp3) is 0.0588.